The lowest BCUT2D eigenvalue weighted by molar-refractivity contribution is -0.119. The number of hydrogen-bond donors (Lipinski definition) is 1. The molecule has 1 unspecified atom stereocenters. The molecule has 142 valence electrons. The highest BCUT2D eigenvalue weighted by molar-refractivity contribution is 7.82. The fraction of sp³-hybridized carbons (Fsp3) is 0.556. The Morgan fingerprint density at radius 3 is 2.62 bits per heavy atom. The summed E-state index contributed by atoms with van der Waals surface area (Å²) in [7, 11) is -1.55. The Morgan fingerprint density at radius 1 is 1.35 bits per heavy atom. The molecule has 2 amide bonds. The third-order valence-electron chi connectivity index (χ3n) is 4.87. The molecular weight excluding hydrogens is 359 g/mol. The molecule has 0 aromatic heterocycles. The van der Waals surface area contributed by atoms with Crippen LogP contribution >= 0.6 is 0 Å². The van der Waals surface area contributed by atoms with Crippen molar-refractivity contribution in [2.75, 3.05) is 26.0 Å². The number of hydrogen-bond acceptors (Lipinski definition) is 4. The Labute approximate surface area is 154 Å². The normalized spacial score (nSPS) is 19.1. The van der Waals surface area contributed by atoms with Crippen molar-refractivity contribution >= 4 is 23.3 Å². The van der Waals surface area contributed by atoms with Gasteiger partial charge in [-0.2, -0.15) is 0 Å². The van der Waals surface area contributed by atoms with Crippen molar-refractivity contribution in [2.24, 2.45) is 5.92 Å². The molecule has 6 nitrogen and oxygen atoms in total. The SMILES string of the molecule is CS(=O)NC(=O)c1cc(C2CC2)c(OCC2CCN(C=O)CC2)cc1F. The van der Waals surface area contributed by atoms with Crippen LogP contribution in [-0.4, -0.2) is 47.4 Å². The standard InChI is InChI=1S/C18H23FN2O4S/c1-26(24)20-18(23)15-8-14(13-2-3-13)17(9-16(15)19)25-10-12-4-6-21(11-22)7-5-12/h8-9,11-13H,2-7,10H2,1H3,(H,20,23). The monoisotopic (exact) mass is 382 g/mol. The van der Waals surface area contributed by atoms with E-state index in [-0.39, 0.29) is 11.5 Å². The Bertz CT molecular complexity index is 715. The molecule has 0 bridgehead atoms. The molecule has 0 spiro atoms. The van der Waals surface area contributed by atoms with Crippen LogP contribution in [-0.2, 0) is 15.8 Å². The maximum atomic E-state index is 14.4. The summed E-state index contributed by atoms with van der Waals surface area (Å²) in [4.78, 5) is 24.5. The summed E-state index contributed by atoms with van der Waals surface area (Å²) in [5.74, 6) is -0.272. The third kappa shape index (κ3) is 4.60. The van der Waals surface area contributed by atoms with Gasteiger partial charge in [-0.05, 0) is 49.1 Å². The summed E-state index contributed by atoms with van der Waals surface area (Å²) >= 11 is 0. The number of benzene rings is 1. The van der Waals surface area contributed by atoms with Crippen LogP contribution in [0.25, 0.3) is 0 Å². The number of nitrogens with zero attached hydrogens (tertiary/aromatic N) is 1. The molecule has 1 aliphatic heterocycles. The zero-order chi connectivity index (χ0) is 18.7. The Balaban J connectivity index is 1.71. The fourth-order valence-electron chi connectivity index (χ4n) is 3.20. The molecule has 1 atom stereocenters. The first kappa shape index (κ1) is 18.8. The van der Waals surface area contributed by atoms with Gasteiger partial charge < -0.3 is 9.64 Å². The lowest BCUT2D eigenvalue weighted by Crippen LogP contribution is -2.34. The number of carbonyl (C=O) groups excluding carboxylic acids is 2. The number of carbonyl (C=O) groups is 2. The summed E-state index contributed by atoms with van der Waals surface area (Å²) < 4.78 is 33.7. The van der Waals surface area contributed by atoms with Gasteiger partial charge in [-0.15, -0.1) is 0 Å². The molecule has 1 saturated heterocycles. The van der Waals surface area contributed by atoms with Crippen LogP contribution in [0.3, 0.4) is 0 Å². The van der Waals surface area contributed by atoms with E-state index in [0.717, 1.165) is 37.7 Å². The maximum Gasteiger partial charge on any atom is 0.265 e. The lowest BCUT2D eigenvalue weighted by atomic mass is 9.98. The molecule has 1 aromatic rings. The molecule has 0 radical (unpaired) electrons. The van der Waals surface area contributed by atoms with E-state index in [1.807, 2.05) is 0 Å². The molecule has 1 aromatic carbocycles. The average molecular weight is 382 g/mol. The molecule has 1 saturated carbocycles. The zero-order valence-electron chi connectivity index (χ0n) is 14.7. The van der Waals surface area contributed by atoms with Gasteiger partial charge in [0.2, 0.25) is 6.41 Å². The van der Waals surface area contributed by atoms with Gasteiger partial charge in [0.25, 0.3) is 5.91 Å². The Hall–Kier alpha value is -1.96. The first-order chi connectivity index (χ1) is 12.5. The Morgan fingerprint density at radius 2 is 2.04 bits per heavy atom. The fourth-order valence-corrected chi connectivity index (χ4v) is 3.57. The van der Waals surface area contributed by atoms with Crippen LogP contribution in [0.4, 0.5) is 4.39 Å². The van der Waals surface area contributed by atoms with Gasteiger partial charge >= 0.3 is 0 Å². The van der Waals surface area contributed by atoms with Gasteiger partial charge in [-0.25, -0.2) is 8.60 Å². The van der Waals surface area contributed by atoms with E-state index in [1.54, 1.807) is 4.90 Å². The highest BCUT2D eigenvalue weighted by Crippen LogP contribution is 2.45. The van der Waals surface area contributed by atoms with Crippen molar-refractivity contribution in [1.29, 1.82) is 0 Å². The van der Waals surface area contributed by atoms with Crippen molar-refractivity contribution in [2.45, 2.75) is 31.6 Å². The van der Waals surface area contributed by atoms with E-state index in [2.05, 4.69) is 4.72 Å². The minimum absolute atomic E-state index is 0.103. The second-order valence-electron chi connectivity index (χ2n) is 6.93. The second kappa shape index (κ2) is 8.16. The minimum Gasteiger partial charge on any atom is -0.493 e. The molecule has 2 aliphatic rings. The van der Waals surface area contributed by atoms with Crippen LogP contribution in [0.2, 0.25) is 0 Å². The van der Waals surface area contributed by atoms with Gasteiger partial charge in [0.05, 0.1) is 12.2 Å². The highest BCUT2D eigenvalue weighted by Gasteiger charge is 2.30. The molecule has 2 fully saturated rings. The molecular formula is C18H23FN2O4S. The number of halogens is 1. The van der Waals surface area contributed by atoms with Crippen LogP contribution in [0.1, 0.15) is 47.5 Å². The smallest absolute Gasteiger partial charge is 0.265 e. The van der Waals surface area contributed by atoms with E-state index in [0.29, 0.717) is 31.4 Å². The van der Waals surface area contributed by atoms with Crippen molar-refractivity contribution in [1.82, 2.24) is 9.62 Å². The average Bonchev–Trinajstić information content (AvgIpc) is 3.44. The van der Waals surface area contributed by atoms with Gasteiger partial charge in [0.1, 0.15) is 22.6 Å². The summed E-state index contributed by atoms with van der Waals surface area (Å²) in [6, 6.07) is 2.79. The topological polar surface area (TPSA) is 75.7 Å². The molecule has 1 N–H and O–H groups in total. The van der Waals surface area contributed by atoms with E-state index < -0.39 is 22.7 Å². The number of amides is 2. The van der Waals surface area contributed by atoms with Crippen LogP contribution in [0, 0.1) is 11.7 Å². The van der Waals surface area contributed by atoms with Crippen molar-refractivity contribution < 1.29 is 22.9 Å². The van der Waals surface area contributed by atoms with Crippen molar-refractivity contribution in [3.63, 3.8) is 0 Å². The largest absolute Gasteiger partial charge is 0.493 e. The van der Waals surface area contributed by atoms with Crippen LogP contribution in [0.5, 0.6) is 5.75 Å². The van der Waals surface area contributed by atoms with E-state index >= 15 is 0 Å². The number of likely N-dealkylation sites (tertiary alicyclic amines) is 1. The van der Waals surface area contributed by atoms with E-state index in [9.17, 15) is 18.2 Å². The number of ether oxygens (including phenoxy) is 1. The highest BCUT2D eigenvalue weighted by atomic mass is 32.2. The molecule has 8 heteroatoms. The third-order valence-corrected chi connectivity index (χ3v) is 5.34. The summed E-state index contributed by atoms with van der Waals surface area (Å²) in [6.45, 7) is 1.90. The van der Waals surface area contributed by atoms with Gasteiger partial charge in [-0.3, -0.25) is 14.3 Å². The predicted molar refractivity (Wildman–Crippen MR) is 95.8 cm³/mol. The Kier molecular flexibility index (Phi) is 5.90. The summed E-state index contributed by atoms with van der Waals surface area (Å²) in [5, 5.41) is 0. The van der Waals surface area contributed by atoms with Gasteiger partial charge in [-0.1, -0.05) is 0 Å². The second-order valence-corrected chi connectivity index (χ2v) is 8.04. The minimum atomic E-state index is -1.55. The lowest BCUT2D eigenvalue weighted by Gasteiger charge is -2.29. The van der Waals surface area contributed by atoms with Crippen molar-refractivity contribution in [3.8, 4) is 5.75 Å². The van der Waals surface area contributed by atoms with E-state index in [1.165, 1.54) is 18.4 Å². The first-order valence-corrected chi connectivity index (χ1v) is 10.3. The summed E-state index contributed by atoms with van der Waals surface area (Å²) in [5.41, 5.74) is 0.734. The number of piperidine rings is 1. The van der Waals surface area contributed by atoms with Gasteiger partial charge in [0, 0.05) is 25.4 Å². The zero-order valence-corrected chi connectivity index (χ0v) is 15.5. The number of rotatable bonds is 7. The maximum absolute atomic E-state index is 14.4. The molecule has 3 rings (SSSR count). The predicted octanol–water partition coefficient (Wildman–Crippen LogP) is 1.97. The first-order valence-electron chi connectivity index (χ1n) is 8.78. The summed E-state index contributed by atoms with van der Waals surface area (Å²) in [6.07, 6.45) is 5.89. The quantitative estimate of drug-likeness (QED) is 0.732. The number of nitrogens with one attached hydrogen (secondary N) is 1. The van der Waals surface area contributed by atoms with E-state index in [4.69, 9.17) is 4.74 Å². The van der Waals surface area contributed by atoms with Crippen molar-refractivity contribution in [3.05, 3.63) is 29.1 Å². The molecule has 26 heavy (non-hydrogen) atoms. The van der Waals surface area contributed by atoms with Crippen LogP contribution < -0.4 is 9.46 Å². The van der Waals surface area contributed by atoms with Gasteiger partial charge in [0.15, 0.2) is 0 Å². The molecule has 1 aliphatic carbocycles. The molecule has 1 heterocycles. The van der Waals surface area contributed by atoms with Crippen LogP contribution in [0.15, 0.2) is 12.1 Å².